The van der Waals surface area contributed by atoms with Gasteiger partial charge in [0.25, 0.3) is 0 Å². The zero-order valence-electron chi connectivity index (χ0n) is 15.3. The molecule has 0 radical (unpaired) electrons. The summed E-state index contributed by atoms with van der Waals surface area (Å²) in [6.07, 6.45) is 1.54. The summed E-state index contributed by atoms with van der Waals surface area (Å²) in [4.78, 5) is 12.4. The third kappa shape index (κ3) is 4.83. The molecule has 0 aromatic heterocycles. The zero-order chi connectivity index (χ0) is 19.1. The summed E-state index contributed by atoms with van der Waals surface area (Å²) in [5.41, 5.74) is 4.26. The molecule has 0 saturated heterocycles. The Morgan fingerprint density at radius 3 is 1.93 bits per heavy atom. The number of carbonyl (C=O) groups is 1. The van der Waals surface area contributed by atoms with Crippen LogP contribution in [0.3, 0.4) is 0 Å². The van der Waals surface area contributed by atoms with Crippen LogP contribution in [0.2, 0.25) is 0 Å². The van der Waals surface area contributed by atoms with Gasteiger partial charge in [-0.15, -0.1) is 0 Å². The predicted molar refractivity (Wildman–Crippen MR) is 111 cm³/mol. The van der Waals surface area contributed by atoms with Gasteiger partial charge in [-0.3, -0.25) is 0 Å². The molecule has 0 heterocycles. The number of rotatable bonds is 6. The van der Waals surface area contributed by atoms with Crippen LogP contribution in [0.25, 0.3) is 11.6 Å². The van der Waals surface area contributed by atoms with E-state index in [1.165, 1.54) is 0 Å². The van der Waals surface area contributed by atoms with Crippen LogP contribution in [0.15, 0.2) is 103 Å². The Morgan fingerprint density at radius 2 is 1.37 bits per heavy atom. The average molecular weight is 354 g/mol. The number of ether oxygens (including phenoxy) is 1. The van der Waals surface area contributed by atoms with Crippen LogP contribution < -0.4 is 0 Å². The second-order valence-corrected chi connectivity index (χ2v) is 6.35. The summed E-state index contributed by atoms with van der Waals surface area (Å²) in [6.45, 7) is 5.38. The maximum atomic E-state index is 12.4. The lowest BCUT2D eigenvalue weighted by Crippen LogP contribution is -2.13. The molecule has 1 unspecified atom stereocenters. The molecule has 0 amide bonds. The summed E-state index contributed by atoms with van der Waals surface area (Å²) in [6, 6.07) is 29.8. The van der Waals surface area contributed by atoms with E-state index in [9.17, 15) is 4.79 Å². The van der Waals surface area contributed by atoms with Gasteiger partial charge in [0, 0.05) is 11.1 Å². The van der Waals surface area contributed by atoms with Gasteiger partial charge in [0.2, 0.25) is 0 Å². The van der Waals surface area contributed by atoms with Gasteiger partial charge in [0.05, 0.1) is 0 Å². The van der Waals surface area contributed by atoms with Crippen molar-refractivity contribution in [2.24, 2.45) is 0 Å². The molecule has 0 aliphatic carbocycles. The summed E-state index contributed by atoms with van der Waals surface area (Å²) in [7, 11) is 0. The standard InChI is InChI=1S/C25H22O2/c1-19(2)25(26)27-24(22-16-10-5-11-17-22)23(21-14-8-4-9-15-21)18-20-12-6-3-7-13-20/h3-18,24H,1H2,2H3/b23-18+. The molecule has 3 aromatic rings. The van der Waals surface area contributed by atoms with E-state index in [1.54, 1.807) is 6.92 Å². The second-order valence-electron chi connectivity index (χ2n) is 6.35. The lowest BCUT2D eigenvalue weighted by Gasteiger charge is -2.22. The van der Waals surface area contributed by atoms with Gasteiger partial charge in [0.1, 0.15) is 0 Å². The van der Waals surface area contributed by atoms with Gasteiger partial charge in [-0.1, -0.05) is 97.6 Å². The molecule has 0 fully saturated rings. The first-order chi connectivity index (χ1) is 13.1. The van der Waals surface area contributed by atoms with Crippen LogP contribution in [0, 0.1) is 0 Å². The van der Waals surface area contributed by atoms with Crippen molar-refractivity contribution >= 4 is 17.6 Å². The lowest BCUT2D eigenvalue weighted by atomic mass is 9.93. The highest BCUT2D eigenvalue weighted by Gasteiger charge is 2.23. The minimum atomic E-state index is -0.530. The first kappa shape index (κ1) is 18.4. The highest BCUT2D eigenvalue weighted by Crippen LogP contribution is 2.35. The largest absolute Gasteiger partial charge is 0.449 e. The Labute approximate surface area is 160 Å². The topological polar surface area (TPSA) is 26.3 Å². The van der Waals surface area contributed by atoms with E-state index in [1.807, 2.05) is 91.0 Å². The molecule has 27 heavy (non-hydrogen) atoms. The summed E-state index contributed by atoms with van der Waals surface area (Å²) >= 11 is 0. The summed E-state index contributed by atoms with van der Waals surface area (Å²) in [5.74, 6) is -0.404. The molecule has 0 N–H and O–H groups in total. The molecule has 1 atom stereocenters. The normalized spacial score (nSPS) is 12.3. The van der Waals surface area contributed by atoms with Crippen LogP contribution in [-0.2, 0) is 9.53 Å². The summed E-state index contributed by atoms with van der Waals surface area (Å²) in [5, 5.41) is 0. The fourth-order valence-electron chi connectivity index (χ4n) is 2.82. The van der Waals surface area contributed by atoms with Crippen LogP contribution in [-0.4, -0.2) is 5.97 Å². The van der Waals surface area contributed by atoms with Crippen molar-refractivity contribution in [2.75, 3.05) is 0 Å². The summed E-state index contributed by atoms with van der Waals surface area (Å²) < 4.78 is 5.88. The van der Waals surface area contributed by atoms with Gasteiger partial charge >= 0.3 is 5.97 Å². The molecule has 0 aliphatic heterocycles. The predicted octanol–water partition coefficient (Wildman–Crippen LogP) is 6.09. The van der Waals surface area contributed by atoms with Crippen molar-refractivity contribution < 1.29 is 9.53 Å². The SMILES string of the molecule is C=C(C)C(=O)OC(/C(=C/c1ccccc1)c1ccccc1)c1ccccc1. The van der Waals surface area contributed by atoms with Gasteiger partial charge in [-0.25, -0.2) is 4.79 Å². The van der Waals surface area contributed by atoms with Crippen molar-refractivity contribution in [3.63, 3.8) is 0 Å². The molecule has 3 rings (SSSR count). The first-order valence-electron chi connectivity index (χ1n) is 8.88. The van der Waals surface area contributed by atoms with Crippen molar-refractivity contribution in [1.82, 2.24) is 0 Å². The third-order valence-electron chi connectivity index (χ3n) is 4.19. The van der Waals surface area contributed by atoms with Crippen LogP contribution in [0.1, 0.15) is 29.7 Å². The van der Waals surface area contributed by atoms with E-state index >= 15 is 0 Å². The molecule has 2 heteroatoms. The number of carbonyl (C=O) groups excluding carboxylic acids is 1. The molecule has 0 bridgehead atoms. The van der Waals surface area contributed by atoms with E-state index < -0.39 is 12.1 Å². The van der Waals surface area contributed by atoms with E-state index in [0.717, 1.165) is 22.3 Å². The molecule has 134 valence electrons. The molecule has 3 aromatic carbocycles. The first-order valence-corrected chi connectivity index (χ1v) is 8.88. The average Bonchev–Trinajstić information content (AvgIpc) is 2.72. The molecular formula is C25H22O2. The second kappa shape index (κ2) is 8.81. The number of esters is 1. The van der Waals surface area contributed by atoms with Crippen molar-refractivity contribution in [1.29, 1.82) is 0 Å². The Hall–Kier alpha value is -3.39. The van der Waals surface area contributed by atoms with Gasteiger partial charge in [-0.05, 0) is 29.7 Å². The molecular weight excluding hydrogens is 332 g/mol. The van der Waals surface area contributed by atoms with Gasteiger partial charge in [-0.2, -0.15) is 0 Å². The molecule has 2 nitrogen and oxygen atoms in total. The highest BCUT2D eigenvalue weighted by atomic mass is 16.5. The Morgan fingerprint density at radius 1 is 0.852 bits per heavy atom. The Kier molecular flexibility index (Phi) is 6.01. The number of hydrogen-bond acceptors (Lipinski definition) is 2. The van der Waals surface area contributed by atoms with E-state index in [2.05, 4.69) is 12.7 Å². The van der Waals surface area contributed by atoms with E-state index in [4.69, 9.17) is 4.74 Å². The molecule has 0 spiro atoms. The van der Waals surface area contributed by atoms with Crippen molar-refractivity contribution in [3.8, 4) is 0 Å². The van der Waals surface area contributed by atoms with Gasteiger partial charge in [0.15, 0.2) is 6.10 Å². The van der Waals surface area contributed by atoms with Crippen LogP contribution >= 0.6 is 0 Å². The lowest BCUT2D eigenvalue weighted by molar-refractivity contribution is -0.141. The minimum absolute atomic E-state index is 0.378. The van der Waals surface area contributed by atoms with E-state index in [0.29, 0.717) is 5.57 Å². The fourth-order valence-corrected chi connectivity index (χ4v) is 2.82. The number of benzene rings is 3. The molecule has 0 aliphatic rings. The fraction of sp³-hybridized carbons (Fsp3) is 0.0800. The Balaban J connectivity index is 2.14. The van der Waals surface area contributed by atoms with Gasteiger partial charge < -0.3 is 4.74 Å². The smallest absolute Gasteiger partial charge is 0.334 e. The zero-order valence-corrected chi connectivity index (χ0v) is 15.3. The van der Waals surface area contributed by atoms with Crippen LogP contribution in [0.5, 0.6) is 0 Å². The van der Waals surface area contributed by atoms with E-state index in [-0.39, 0.29) is 0 Å². The van der Waals surface area contributed by atoms with Crippen LogP contribution in [0.4, 0.5) is 0 Å². The quantitative estimate of drug-likeness (QED) is 0.304. The minimum Gasteiger partial charge on any atom is -0.449 e. The number of hydrogen-bond donors (Lipinski definition) is 0. The van der Waals surface area contributed by atoms with Crippen molar-refractivity contribution in [3.05, 3.63) is 120 Å². The molecule has 0 saturated carbocycles. The van der Waals surface area contributed by atoms with Crippen molar-refractivity contribution in [2.45, 2.75) is 13.0 Å². The Bertz CT molecular complexity index is 926. The maximum absolute atomic E-state index is 12.4. The highest BCUT2D eigenvalue weighted by molar-refractivity contribution is 5.90. The third-order valence-corrected chi connectivity index (χ3v) is 4.19. The maximum Gasteiger partial charge on any atom is 0.334 e. The monoisotopic (exact) mass is 354 g/mol.